The molecule has 0 saturated carbocycles. The number of nitro benzene ring substituents is 1. The molecule has 1 aliphatic carbocycles. The van der Waals surface area contributed by atoms with Gasteiger partial charge in [0.1, 0.15) is 10.8 Å². The molecule has 0 spiro atoms. The number of rotatable bonds is 5. The first-order chi connectivity index (χ1) is 15.8. The lowest BCUT2D eigenvalue weighted by Gasteiger charge is -2.34. The summed E-state index contributed by atoms with van der Waals surface area (Å²) >= 11 is 6.03. The first-order valence-corrected chi connectivity index (χ1v) is 10.8. The molecule has 0 aromatic heterocycles. The largest absolute Gasteiger partial charge is 0.495 e. The molecule has 4 rings (SSSR count). The maximum atomic E-state index is 13.5. The van der Waals surface area contributed by atoms with E-state index in [-0.39, 0.29) is 16.5 Å². The number of amides is 1. The molecular weight excluding hydrogens is 446 g/mol. The highest BCUT2D eigenvalue weighted by atomic mass is 35.5. The molecule has 0 fully saturated rings. The highest BCUT2D eigenvalue weighted by molar-refractivity contribution is 6.32. The van der Waals surface area contributed by atoms with Crippen molar-refractivity contribution in [1.82, 2.24) is 5.32 Å². The van der Waals surface area contributed by atoms with Crippen LogP contribution in [0.3, 0.4) is 0 Å². The Bertz CT molecular complexity index is 1230. The minimum atomic E-state index is -0.764. The van der Waals surface area contributed by atoms with Gasteiger partial charge in [-0.2, -0.15) is 0 Å². The monoisotopic (exact) mass is 467 g/mol. The fourth-order valence-electron chi connectivity index (χ4n) is 4.40. The lowest BCUT2D eigenvalue weighted by atomic mass is 9.75. The van der Waals surface area contributed by atoms with Crippen LogP contribution in [0.5, 0.6) is 5.75 Å². The highest BCUT2D eigenvalue weighted by Crippen LogP contribution is 2.44. The number of nitrogens with one attached hydrogen (secondary N) is 2. The van der Waals surface area contributed by atoms with Crippen molar-refractivity contribution in [2.45, 2.75) is 32.1 Å². The van der Waals surface area contributed by atoms with Gasteiger partial charge in [-0.05, 0) is 43.5 Å². The van der Waals surface area contributed by atoms with Crippen LogP contribution in [0.25, 0.3) is 0 Å². The number of ether oxygens (including phenoxy) is 1. The molecule has 1 heterocycles. The molecule has 33 heavy (non-hydrogen) atoms. The number of carbonyl (C=O) groups is 2. The zero-order valence-corrected chi connectivity index (χ0v) is 18.9. The predicted octanol–water partition coefficient (Wildman–Crippen LogP) is 4.86. The van der Waals surface area contributed by atoms with Crippen LogP contribution in [0.2, 0.25) is 5.02 Å². The summed E-state index contributed by atoms with van der Waals surface area (Å²) in [7, 11) is 1.51. The lowest BCUT2D eigenvalue weighted by Crippen LogP contribution is -2.35. The van der Waals surface area contributed by atoms with Gasteiger partial charge in [0.25, 0.3) is 11.6 Å². The quantitative estimate of drug-likeness (QED) is 0.479. The van der Waals surface area contributed by atoms with E-state index in [1.165, 1.54) is 19.2 Å². The number of hydrogen-bond acceptors (Lipinski definition) is 6. The van der Waals surface area contributed by atoms with E-state index in [1.54, 1.807) is 37.3 Å². The zero-order chi connectivity index (χ0) is 23.7. The maximum absolute atomic E-state index is 13.5. The summed E-state index contributed by atoms with van der Waals surface area (Å²) in [6.45, 7) is 1.76. The number of halogens is 1. The number of benzene rings is 2. The van der Waals surface area contributed by atoms with Gasteiger partial charge in [0, 0.05) is 40.9 Å². The van der Waals surface area contributed by atoms with Crippen LogP contribution >= 0.6 is 11.6 Å². The molecule has 1 amide bonds. The fourth-order valence-corrected chi connectivity index (χ4v) is 4.59. The predicted molar refractivity (Wildman–Crippen MR) is 124 cm³/mol. The Morgan fingerprint density at radius 3 is 2.73 bits per heavy atom. The number of Topliss-reactive ketones (excluding diaryl/α,β-unsaturated/α-hetero) is 1. The molecular formula is C24H22ClN3O5. The summed E-state index contributed by atoms with van der Waals surface area (Å²) in [5, 5.41) is 17.6. The third-order valence-electron chi connectivity index (χ3n) is 5.88. The molecule has 170 valence electrons. The number of allylic oxidation sites excluding steroid dienone is 3. The number of para-hydroxylation sites is 2. The summed E-state index contributed by atoms with van der Waals surface area (Å²) in [5.41, 5.74) is 2.76. The summed E-state index contributed by atoms with van der Waals surface area (Å²) in [4.78, 5) is 37.5. The average Bonchev–Trinajstić information content (AvgIpc) is 2.78. The number of dihydropyridines is 1. The molecule has 0 bridgehead atoms. The number of carbonyl (C=O) groups excluding carboxylic acids is 2. The molecule has 9 heteroatoms. The Balaban J connectivity index is 1.84. The number of anilines is 1. The van der Waals surface area contributed by atoms with Crippen LogP contribution in [0.4, 0.5) is 11.4 Å². The molecule has 0 unspecified atom stereocenters. The first-order valence-electron chi connectivity index (χ1n) is 10.4. The van der Waals surface area contributed by atoms with Crippen molar-refractivity contribution in [3.8, 4) is 5.75 Å². The Kier molecular flexibility index (Phi) is 6.20. The third-order valence-corrected chi connectivity index (χ3v) is 6.20. The normalized spacial score (nSPS) is 17.9. The molecule has 0 radical (unpaired) electrons. The number of ketones is 1. The summed E-state index contributed by atoms with van der Waals surface area (Å²) < 4.78 is 5.33. The number of nitrogens with zero attached hydrogens (tertiary/aromatic N) is 1. The van der Waals surface area contributed by atoms with Crippen LogP contribution in [0.1, 0.15) is 37.7 Å². The lowest BCUT2D eigenvalue weighted by molar-refractivity contribution is -0.384. The van der Waals surface area contributed by atoms with Crippen LogP contribution in [-0.4, -0.2) is 23.7 Å². The van der Waals surface area contributed by atoms with Gasteiger partial charge in [-0.1, -0.05) is 29.8 Å². The molecule has 1 aliphatic heterocycles. The van der Waals surface area contributed by atoms with E-state index >= 15 is 0 Å². The van der Waals surface area contributed by atoms with Crippen molar-refractivity contribution in [3.05, 3.63) is 85.7 Å². The molecule has 2 aromatic carbocycles. The SMILES string of the molecule is COc1ccccc1NC(=O)C1=C(C)NC2=C(C(=O)CCC2)[C@H]1c1ccc(Cl)c([N+](=O)[O-])c1. The molecule has 2 aliphatic rings. The standard InChI is InChI=1S/C24H22ClN3O5/c1-13-21(24(30)27-16-6-3-4-9-20(16)33-2)22(23-17(26-13)7-5-8-19(23)29)14-10-11-15(25)18(12-14)28(31)32/h3-4,6,9-12,22,26H,5,7-8H2,1-2H3,(H,27,30)/t22-/m0/s1. The minimum Gasteiger partial charge on any atom is -0.495 e. The van der Waals surface area contributed by atoms with Gasteiger partial charge >= 0.3 is 0 Å². The topological polar surface area (TPSA) is 111 Å². The molecule has 2 aromatic rings. The van der Waals surface area contributed by atoms with E-state index in [0.29, 0.717) is 53.1 Å². The van der Waals surface area contributed by atoms with E-state index in [9.17, 15) is 19.7 Å². The van der Waals surface area contributed by atoms with Gasteiger partial charge in [0.15, 0.2) is 5.78 Å². The van der Waals surface area contributed by atoms with Crippen LogP contribution in [-0.2, 0) is 9.59 Å². The van der Waals surface area contributed by atoms with Crippen LogP contribution < -0.4 is 15.4 Å². The van der Waals surface area contributed by atoms with E-state index in [0.717, 1.165) is 5.70 Å². The zero-order valence-electron chi connectivity index (χ0n) is 18.1. The van der Waals surface area contributed by atoms with Crippen molar-refractivity contribution in [2.75, 3.05) is 12.4 Å². The average molecular weight is 468 g/mol. The van der Waals surface area contributed by atoms with Gasteiger partial charge < -0.3 is 15.4 Å². The van der Waals surface area contributed by atoms with Crippen molar-refractivity contribution in [1.29, 1.82) is 0 Å². The van der Waals surface area contributed by atoms with Crippen molar-refractivity contribution in [3.63, 3.8) is 0 Å². The second-order valence-electron chi connectivity index (χ2n) is 7.89. The number of hydrogen-bond donors (Lipinski definition) is 2. The van der Waals surface area contributed by atoms with Gasteiger partial charge in [-0.15, -0.1) is 0 Å². The van der Waals surface area contributed by atoms with E-state index in [1.807, 2.05) is 0 Å². The van der Waals surface area contributed by atoms with Crippen LogP contribution in [0.15, 0.2) is 65.0 Å². The molecule has 1 atom stereocenters. The Morgan fingerprint density at radius 1 is 1.24 bits per heavy atom. The molecule has 8 nitrogen and oxygen atoms in total. The fraction of sp³-hybridized carbons (Fsp3) is 0.250. The summed E-state index contributed by atoms with van der Waals surface area (Å²) in [6.07, 6.45) is 1.72. The van der Waals surface area contributed by atoms with E-state index in [4.69, 9.17) is 16.3 Å². The van der Waals surface area contributed by atoms with Crippen molar-refractivity contribution < 1.29 is 19.2 Å². The second-order valence-corrected chi connectivity index (χ2v) is 8.30. The van der Waals surface area contributed by atoms with Gasteiger partial charge in [0.05, 0.1) is 17.7 Å². The summed E-state index contributed by atoms with van der Waals surface area (Å²) in [5.74, 6) is -0.793. The van der Waals surface area contributed by atoms with Gasteiger partial charge in [-0.3, -0.25) is 19.7 Å². The highest BCUT2D eigenvalue weighted by Gasteiger charge is 2.39. The Hall–Kier alpha value is -3.65. The Morgan fingerprint density at radius 2 is 2.00 bits per heavy atom. The number of methoxy groups -OCH3 is 1. The molecule has 2 N–H and O–H groups in total. The number of nitro groups is 1. The maximum Gasteiger partial charge on any atom is 0.288 e. The second kappa shape index (κ2) is 9.07. The summed E-state index contributed by atoms with van der Waals surface area (Å²) in [6, 6.07) is 11.4. The van der Waals surface area contributed by atoms with E-state index < -0.39 is 16.7 Å². The Labute approximate surface area is 195 Å². The first kappa shape index (κ1) is 22.5. The van der Waals surface area contributed by atoms with Crippen molar-refractivity contribution in [2.24, 2.45) is 0 Å². The van der Waals surface area contributed by atoms with Gasteiger partial charge in [0.2, 0.25) is 0 Å². The van der Waals surface area contributed by atoms with Crippen molar-refractivity contribution >= 4 is 34.7 Å². The van der Waals surface area contributed by atoms with E-state index in [2.05, 4.69) is 10.6 Å². The van der Waals surface area contributed by atoms with Gasteiger partial charge in [-0.25, -0.2) is 0 Å². The minimum absolute atomic E-state index is 0.0115. The molecule has 0 saturated heterocycles. The third kappa shape index (κ3) is 4.21. The van der Waals surface area contributed by atoms with Crippen LogP contribution in [0, 0.1) is 10.1 Å². The smallest absolute Gasteiger partial charge is 0.288 e.